The molecule has 1 unspecified atom stereocenters. The molecule has 0 aromatic carbocycles. The zero-order valence-corrected chi connectivity index (χ0v) is 11.4. The highest BCUT2D eigenvalue weighted by molar-refractivity contribution is 7.16. The van der Waals surface area contributed by atoms with Crippen LogP contribution in [0, 0.1) is 0 Å². The molecule has 1 amide bonds. The Hall–Kier alpha value is -0.580. The van der Waals surface area contributed by atoms with E-state index in [1.807, 2.05) is 19.1 Å². The summed E-state index contributed by atoms with van der Waals surface area (Å²) in [4.78, 5) is 12.9. The zero-order chi connectivity index (χ0) is 12.5. The first-order valence-corrected chi connectivity index (χ1v) is 7.01. The van der Waals surface area contributed by atoms with Crippen molar-refractivity contribution in [2.24, 2.45) is 5.73 Å². The Morgan fingerprint density at radius 3 is 2.82 bits per heavy atom. The third-order valence-electron chi connectivity index (χ3n) is 3.26. The second-order valence-corrected chi connectivity index (χ2v) is 6.57. The van der Waals surface area contributed by atoms with Crippen molar-refractivity contribution >= 4 is 28.8 Å². The lowest BCUT2D eigenvalue weighted by Gasteiger charge is -2.37. The first-order chi connectivity index (χ1) is 7.98. The van der Waals surface area contributed by atoms with Gasteiger partial charge in [-0.25, -0.2) is 0 Å². The molecule has 2 rings (SSSR count). The van der Waals surface area contributed by atoms with Gasteiger partial charge in [-0.15, -0.1) is 11.3 Å². The van der Waals surface area contributed by atoms with Crippen molar-refractivity contribution in [3.05, 3.63) is 21.3 Å². The van der Waals surface area contributed by atoms with Gasteiger partial charge < -0.3 is 11.1 Å². The van der Waals surface area contributed by atoms with Crippen LogP contribution in [-0.2, 0) is 4.79 Å². The van der Waals surface area contributed by atoms with Crippen molar-refractivity contribution in [1.29, 1.82) is 0 Å². The minimum atomic E-state index is -0.253. The minimum absolute atomic E-state index is 0.00340. The lowest BCUT2D eigenvalue weighted by Crippen LogP contribution is -2.50. The van der Waals surface area contributed by atoms with Gasteiger partial charge in [-0.05, 0) is 38.3 Å². The van der Waals surface area contributed by atoms with E-state index in [0.29, 0.717) is 6.42 Å². The van der Waals surface area contributed by atoms with E-state index in [-0.39, 0.29) is 17.5 Å². The maximum atomic E-state index is 11.8. The van der Waals surface area contributed by atoms with Gasteiger partial charge in [-0.3, -0.25) is 4.79 Å². The number of halogens is 1. The van der Waals surface area contributed by atoms with E-state index >= 15 is 0 Å². The number of nitrogens with one attached hydrogen (secondary N) is 1. The van der Waals surface area contributed by atoms with Crippen molar-refractivity contribution in [1.82, 2.24) is 5.32 Å². The third-order valence-corrected chi connectivity index (χ3v) is 4.67. The highest BCUT2D eigenvalue weighted by Gasteiger charge is 2.34. The molecular formula is C12H17ClN2OS. The summed E-state index contributed by atoms with van der Waals surface area (Å²) in [6, 6.07) is 3.80. The van der Waals surface area contributed by atoms with Gasteiger partial charge in [0, 0.05) is 16.8 Å². The Labute approximate surface area is 110 Å². The van der Waals surface area contributed by atoms with Gasteiger partial charge in [-0.1, -0.05) is 11.6 Å². The summed E-state index contributed by atoms with van der Waals surface area (Å²) in [5.74, 6) is 0.0317. The average molecular weight is 273 g/mol. The molecule has 1 aliphatic rings. The van der Waals surface area contributed by atoms with E-state index in [2.05, 4.69) is 5.32 Å². The SMILES string of the molecule is CC(NC(=O)CC1(N)CCC1)c1ccc(Cl)s1. The third kappa shape index (κ3) is 3.21. The fourth-order valence-corrected chi connectivity index (χ4v) is 3.12. The molecule has 1 heterocycles. The zero-order valence-electron chi connectivity index (χ0n) is 9.83. The molecule has 17 heavy (non-hydrogen) atoms. The quantitative estimate of drug-likeness (QED) is 0.886. The summed E-state index contributed by atoms with van der Waals surface area (Å²) in [5.41, 5.74) is 5.79. The highest BCUT2D eigenvalue weighted by atomic mass is 35.5. The average Bonchev–Trinajstić information content (AvgIpc) is 2.62. The Balaban J connectivity index is 1.86. The van der Waals surface area contributed by atoms with E-state index in [1.165, 1.54) is 11.3 Å². The van der Waals surface area contributed by atoms with Crippen LogP contribution < -0.4 is 11.1 Å². The molecule has 1 aromatic heterocycles. The molecule has 5 heteroatoms. The molecule has 0 saturated heterocycles. The van der Waals surface area contributed by atoms with Crippen LogP contribution in [0.4, 0.5) is 0 Å². The molecule has 1 aromatic rings. The van der Waals surface area contributed by atoms with Crippen molar-refractivity contribution in [3.63, 3.8) is 0 Å². The molecule has 0 radical (unpaired) electrons. The molecule has 1 fully saturated rings. The van der Waals surface area contributed by atoms with Gasteiger partial charge in [0.2, 0.25) is 5.91 Å². The molecule has 94 valence electrons. The lowest BCUT2D eigenvalue weighted by molar-refractivity contribution is -0.123. The summed E-state index contributed by atoms with van der Waals surface area (Å²) in [7, 11) is 0. The predicted octanol–water partition coefficient (Wildman–Crippen LogP) is 2.85. The predicted molar refractivity (Wildman–Crippen MR) is 71.3 cm³/mol. The second kappa shape index (κ2) is 4.96. The standard InChI is InChI=1S/C12H17ClN2OS/c1-8(9-3-4-10(13)17-9)15-11(16)7-12(14)5-2-6-12/h3-4,8H,2,5-7,14H2,1H3,(H,15,16). The van der Waals surface area contributed by atoms with Gasteiger partial charge in [0.15, 0.2) is 0 Å². The van der Waals surface area contributed by atoms with E-state index in [4.69, 9.17) is 17.3 Å². The van der Waals surface area contributed by atoms with E-state index in [1.54, 1.807) is 0 Å². The number of amides is 1. The fraction of sp³-hybridized carbons (Fsp3) is 0.583. The fourth-order valence-electron chi connectivity index (χ4n) is 2.05. The van der Waals surface area contributed by atoms with Crippen LogP contribution in [0.1, 0.15) is 43.5 Å². The molecule has 1 saturated carbocycles. The Bertz CT molecular complexity index is 414. The summed E-state index contributed by atoms with van der Waals surface area (Å²) < 4.78 is 0.746. The highest BCUT2D eigenvalue weighted by Crippen LogP contribution is 2.32. The lowest BCUT2D eigenvalue weighted by atomic mass is 9.75. The minimum Gasteiger partial charge on any atom is -0.349 e. The van der Waals surface area contributed by atoms with E-state index in [0.717, 1.165) is 28.5 Å². The van der Waals surface area contributed by atoms with E-state index in [9.17, 15) is 4.79 Å². The monoisotopic (exact) mass is 272 g/mol. The Morgan fingerprint density at radius 2 is 2.35 bits per heavy atom. The number of hydrogen-bond donors (Lipinski definition) is 2. The Morgan fingerprint density at radius 1 is 1.65 bits per heavy atom. The van der Waals surface area contributed by atoms with Crippen molar-refractivity contribution < 1.29 is 4.79 Å². The Kier molecular flexibility index (Phi) is 3.76. The molecule has 1 aliphatic carbocycles. The van der Waals surface area contributed by atoms with Gasteiger partial charge >= 0.3 is 0 Å². The number of thiophene rings is 1. The number of carbonyl (C=O) groups is 1. The van der Waals surface area contributed by atoms with Crippen LogP contribution >= 0.6 is 22.9 Å². The molecule has 0 bridgehead atoms. The van der Waals surface area contributed by atoms with Crippen molar-refractivity contribution in [3.8, 4) is 0 Å². The summed E-state index contributed by atoms with van der Waals surface area (Å²) in [5, 5.41) is 2.97. The summed E-state index contributed by atoms with van der Waals surface area (Å²) in [6.07, 6.45) is 3.48. The molecular weight excluding hydrogens is 256 g/mol. The molecule has 1 atom stereocenters. The molecule has 0 aliphatic heterocycles. The number of hydrogen-bond acceptors (Lipinski definition) is 3. The molecule has 3 nitrogen and oxygen atoms in total. The first-order valence-electron chi connectivity index (χ1n) is 5.82. The molecule has 3 N–H and O–H groups in total. The van der Waals surface area contributed by atoms with Crippen molar-refractivity contribution in [2.45, 2.75) is 44.2 Å². The smallest absolute Gasteiger partial charge is 0.222 e. The first kappa shape index (κ1) is 12.9. The van der Waals surface area contributed by atoms with Crippen LogP contribution in [0.25, 0.3) is 0 Å². The van der Waals surface area contributed by atoms with Crippen molar-refractivity contribution in [2.75, 3.05) is 0 Å². The topological polar surface area (TPSA) is 55.1 Å². The summed E-state index contributed by atoms with van der Waals surface area (Å²) >= 11 is 7.36. The van der Waals surface area contributed by atoms with Gasteiger partial charge in [0.1, 0.15) is 0 Å². The second-order valence-electron chi connectivity index (χ2n) is 4.82. The number of carbonyl (C=O) groups excluding carboxylic acids is 1. The van der Waals surface area contributed by atoms with Gasteiger partial charge in [-0.2, -0.15) is 0 Å². The van der Waals surface area contributed by atoms with Gasteiger partial charge in [0.05, 0.1) is 10.4 Å². The van der Waals surface area contributed by atoms with Crippen LogP contribution in [0.3, 0.4) is 0 Å². The molecule has 0 spiro atoms. The van der Waals surface area contributed by atoms with Crippen LogP contribution in [-0.4, -0.2) is 11.4 Å². The van der Waals surface area contributed by atoms with E-state index < -0.39 is 0 Å². The van der Waals surface area contributed by atoms with Crippen LogP contribution in [0.2, 0.25) is 4.34 Å². The summed E-state index contributed by atoms with van der Waals surface area (Å²) in [6.45, 7) is 1.96. The van der Waals surface area contributed by atoms with Crippen LogP contribution in [0.5, 0.6) is 0 Å². The number of rotatable bonds is 4. The largest absolute Gasteiger partial charge is 0.349 e. The maximum absolute atomic E-state index is 11.8. The maximum Gasteiger partial charge on any atom is 0.222 e. The number of nitrogens with two attached hydrogens (primary N) is 1. The van der Waals surface area contributed by atoms with Gasteiger partial charge in [0.25, 0.3) is 0 Å². The van der Waals surface area contributed by atoms with Crippen LogP contribution in [0.15, 0.2) is 12.1 Å². The normalized spacial score (nSPS) is 19.5.